The van der Waals surface area contributed by atoms with Crippen LogP contribution < -0.4 is 4.35 Å². The predicted molar refractivity (Wildman–Crippen MR) is 92.7 cm³/mol. The molecule has 0 aliphatic rings. The van der Waals surface area contributed by atoms with Crippen molar-refractivity contribution < 1.29 is 0 Å². The van der Waals surface area contributed by atoms with E-state index in [0.29, 0.717) is 5.82 Å². The molecule has 0 saturated carbocycles. The zero-order valence-corrected chi connectivity index (χ0v) is 14.2. The van der Waals surface area contributed by atoms with Gasteiger partial charge in [0.25, 0.3) is 0 Å². The maximum atomic E-state index is 4.00. The van der Waals surface area contributed by atoms with Gasteiger partial charge in [-0.25, -0.2) is 0 Å². The van der Waals surface area contributed by atoms with Crippen molar-refractivity contribution in [3.63, 3.8) is 0 Å². The van der Waals surface area contributed by atoms with Gasteiger partial charge in [0.2, 0.25) is 0 Å². The molecule has 0 atom stereocenters. The first-order valence-electron chi connectivity index (χ1n) is 7.37. The van der Waals surface area contributed by atoms with Crippen molar-refractivity contribution in [3.8, 4) is 11.4 Å². The first-order valence-corrected chi connectivity index (χ1v) is 9.64. The van der Waals surface area contributed by atoms with Crippen molar-refractivity contribution >= 4 is 30.9 Å². The Morgan fingerprint density at radius 3 is 2.48 bits per heavy atom. The van der Waals surface area contributed by atoms with E-state index in [2.05, 4.69) is 87.4 Å². The molecule has 3 aromatic carbocycles. The molecule has 23 heavy (non-hydrogen) atoms. The van der Waals surface area contributed by atoms with Crippen LogP contribution in [-0.2, 0) is 5.21 Å². The van der Waals surface area contributed by atoms with Gasteiger partial charge in [0.15, 0.2) is 0 Å². The van der Waals surface area contributed by atoms with E-state index < -0.39 is 0 Å². The van der Waals surface area contributed by atoms with Crippen LogP contribution in [0.1, 0.15) is 5.56 Å². The third kappa shape index (κ3) is 3.17. The van der Waals surface area contributed by atoms with Crippen LogP contribution >= 0.6 is 0 Å². The molecule has 4 aromatic rings. The molecule has 0 bridgehead atoms. The third-order valence-electron chi connectivity index (χ3n) is 3.73. The summed E-state index contributed by atoms with van der Waals surface area (Å²) in [5, 5.41) is 17.8. The number of aromatic amines is 1. The average Bonchev–Trinajstić information content (AvgIpc) is 3.15. The second-order valence-corrected chi connectivity index (χ2v) is 7.69. The fraction of sp³-hybridized carbons (Fsp3) is 0.0556. The van der Waals surface area contributed by atoms with Crippen molar-refractivity contribution in [3.05, 3.63) is 72.3 Å². The first kappa shape index (κ1) is 14.2. The number of hydrogen-bond acceptors (Lipinski definition) is 3. The molecule has 4 rings (SSSR count). The van der Waals surface area contributed by atoms with E-state index in [1.165, 1.54) is 20.7 Å². The van der Waals surface area contributed by atoms with E-state index >= 15 is 0 Å². The van der Waals surface area contributed by atoms with Crippen LogP contribution in [0.4, 0.5) is 0 Å². The van der Waals surface area contributed by atoms with Gasteiger partial charge in [-0.1, -0.05) is 0 Å². The van der Waals surface area contributed by atoms with Crippen LogP contribution in [0.25, 0.3) is 22.2 Å². The molecular formula is C18H14AsN4. The minimum atomic E-state index is 0.113. The Hall–Kier alpha value is -2.45. The Balaban J connectivity index is 1.47. The summed E-state index contributed by atoms with van der Waals surface area (Å²) in [4.78, 5) is 0. The topological polar surface area (TPSA) is 54.5 Å². The van der Waals surface area contributed by atoms with E-state index in [0.717, 1.165) is 10.8 Å². The average molecular weight is 361 g/mol. The van der Waals surface area contributed by atoms with Crippen molar-refractivity contribution in [1.29, 1.82) is 0 Å². The summed E-state index contributed by atoms with van der Waals surface area (Å²) >= 11 is 0.113. The number of fused-ring (bicyclic) bond motifs is 1. The van der Waals surface area contributed by atoms with E-state index in [-0.39, 0.29) is 15.8 Å². The van der Waals surface area contributed by atoms with Crippen molar-refractivity contribution in [1.82, 2.24) is 20.6 Å². The van der Waals surface area contributed by atoms with Crippen molar-refractivity contribution in [2.45, 2.75) is 5.21 Å². The molecule has 1 heterocycles. The first-order chi connectivity index (χ1) is 11.4. The Bertz CT molecular complexity index is 917. The third-order valence-corrected chi connectivity index (χ3v) is 6.22. The van der Waals surface area contributed by atoms with Gasteiger partial charge >= 0.3 is 140 Å². The molecule has 0 aliphatic carbocycles. The van der Waals surface area contributed by atoms with Crippen LogP contribution in [0.15, 0.2) is 66.7 Å². The van der Waals surface area contributed by atoms with Gasteiger partial charge < -0.3 is 0 Å². The zero-order chi connectivity index (χ0) is 15.5. The van der Waals surface area contributed by atoms with Gasteiger partial charge in [0.05, 0.1) is 0 Å². The van der Waals surface area contributed by atoms with Crippen molar-refractivity contribution in [2.75, 3.05) is 0 Å². The fourth-order valence-corrected chi connectivity index (χ4v) is 4.45. The molecule has 0 spiro atoms. The molecule has 0 unspecified atom stereocenters. The Morgan fingerprint density at radius 1 is 0.870 bits per heavy atom. The standard InChI is InChI=1S/C18H14AsN4/c1-2-4-16-11-13(5-6-14(16)3-1)12-19-17-9-7-15(8-10-17)18-20-22-23-21-18/h1-11H,12H2,(H,20,21,22,23). The summed E-state index contributed by atoms with van der Waals surface area (Å²) in [5.74, 6) is 0.641. The number of rotatable bonds is 4. The van der Waals surface area contributed by atoms with Crippen molar-refractivity contribution in [2.24, 2.45) is 0 Å². The normalized spacial score (nSPS) is 11.5. The molecule has 0 saturated heterocycles. The Kier molecular flexibility index (Phi) is 3.91. The molecule has 5 heteroatoms. The van der Waals surface area contributed by atoms with Gasteiger partial charge in [-0.3, -0.25) is 0 Å². The second-order valence-electron chi connectivity index (χ2n) is 5.28. The molecule has 111 valence electrons. The van der Waals surface area contributed by atoms with Gasteiger partial charge in [-0.15, -0.1) is 0 Å². The molecule has 1 aromatic heterocycles. The summed E-state index contributed by atoms with van der Waals surface area (Å²) in [7, 11) is 0. The van der Waals surface area contributed by atoms with Crippen LogP contribution in [-0.4, -0.2) is 36.4 Å². The predicted octanol–water partition coefficient (Wildman–Crippen LogP) is 2.55. The van der Waals surface area contributed by atoms with Gasteiger partial charge in [-0.2, -0.15) is 0 Å². The Morgan fingerprint density at radius 2 is 1.70 bits per heavy atom. The molecule has 0 fully saturated rings. The van der Waals surface area contributed by atoms with E-state index in [9.17, 15) is 0 Å². The summed E-state index contributed by atoms with van der Waals surface area (Å²) in [6, 6.07) is 23.7. The summed E-state index contributed by atoms with van der Waals surface area (Å²) in [6.45, 7) is 0. The molecule has 1 radical (unpaired) electrons. The van der Waals surface area contributed by atoms with E-state index in [1.54, 1.807) is 0 Å². The van der Waals surface area contributed by atoms with E-state index in [1.807, 2.05) is 0 Å². The number of hydrogen-bond donors (Lipinski definition) is 1. The fourth-order valence-electron chi connectivity index (χ4n) is 2.52. The number of tetrazole rings is 1. The maximum absolute atomic E-state index is 4.00. The minimum absolute atomic E-state index is 0.113. The Labute approximate surface area is 140 Å². The van der Waals surface area contributed by atoms with Crippen LogP contribution in [0.2, 0.25) is 0 Å². The summed E-state index contributed by atoms with van der Waals surface area (Å²) in [6.07, 6.45) is 0. The molecular weight excluding hydrogens is 347 g/mol. The quantitative estimate of drug-likeness (QED) is 0.569. The van der Waals surface area contributed by atoms with Gasteiger partial charge in [0.1, 0.15) is 0 Å². The molecule has 0 aliphatic heterocycles. The van der Waals surface area contributed by atoms with Gasteiger partial charge in [0, 0.05) is 0 Å². The number of nitrogens with zero attached hydrogens (tertiary/aromatic N) is 3. The van der Waals surface area contributed by atoms with Crippen LogP contribution in [0.3, 0.4) is 0 Å². The van der Waals surface area contributed by atoms with Crippen LogP contribution in [0, 0.1) is 0 Å². The van der Waals surface area contributed by atoms with Crippen LogP contribution in [0.5, 0.6) is 0 Å². The van der Waals surface area contributed by atoms with E-state index in [4.69, 9.17) is 0 Å². The summed E-state index contributed by atoms with van der Waals surface area (Å²) < 4.78 is 1.40. The zero-order valence-electron chi connectivity index (χ0n) is 12.3. The van der Waals surface area contributed by atoms with Gasteiger partial charge in [-0.05, 0) is 0 Å². The number of H-pyrrole nitrogens is 1. The second kappa shape index (κ2) is 6.35. The monoisotopic (exact) mass is 361 g/mol. The summed E-state index contributed by atoms with van der Waals surface area (Å²) in [5.41, 5.74) is 2.40. The molecule has 1 N–H and O–H groups in total. The molecule has 0 amide bonds. The number of aromatic nitrogens is 4. The molecule has 4 nitrogen and oxygen atoms in total. The number of benzene rings is 3. The SMILES string of the molecule is c1ccc2cc(C[As]c3ccc(-c4nn[nH]n4)cc3)ccc2c1. The number of nitrogens with one attached hydrogen (secondary N) is 1.